The van der Waals surface area contributed by atoms with E-state index in [0.29, 0.717) is 11.4 Å². The van der Waals surface area contributed by atoms with E-state index in [9.17, 15) is 14.4 Å². The summed E-state index contributed by atoms with van der Waals surface area (Å²) in [6.07, 6.45) is 6.06. The van der Waals surface area contributed by atoms with Crippen molar-refractivity contribution in [1.82, 2.24) is 4.98 Å². The van der Waals surface area contributed by atoms with E-state index in [-0.39, 0.29) is 41.3 Å². The van der Waals surface area contributed by atoms with E-state index >= 15 is 0 Å². The summed E-state index contributed by atoms with van der Waals surface area (Å²) >= 11 is 2.93. The van der Waals surface area contributed by atoms with Gasteiger partial charge in [-0.3, -0.25) is 14.4 Å². The van der Waals surface area contributed by atoms with Crippen LogP contribution >= 0.6 is 23.1 Å². The Morgan fingerprint density at radius 3 is 2.50 bits per heavy atom. The van der Waals surface area contributed by atoms with Crippen LogP contribution in [0.15, 0.2) is 77.2 Å². The summed E-state index contributed by atoms with van der Waals surface area (Å²) in [5.74, 6) is 0.203. The normalized spacial score (nSPS) is 24.4. The fourth-order valence-electron chi connectivity index (χ4n) is 6.76. The van der Waals surface area contributed by atoms with Crippen LogP contribution in [0.1, 0.15) is 27.9 Å². The molecular weight excluding hydrogens is 512 g/mol. The van der Waals surface area contributed by atoms with Crippen LogP contribution in [0.25, 0.3) is 21.3 Å². The highest BCUT2D eigenvalue weighted by Crippen LogP contribution is 2.53. The fourth-order valence-corrected chi connectivity index (χ4v) is 8.75. The molecule has 4 aromatic rings. The molecule has 2 fully saturated rings. The minimum Gasteiger partial charge on any atom is -0.293 e. The second-order valence-corrected chi connectivity index (χ2v) is 12.8. The van der Waals surface area contributed by atoms with Gasteiger partial charge in [-0.1, -0.05) is 60.3 Å². The zero-order valence-corrected chi connectivity index (χ0v) is 21.9. The summed E-state index contributed by atoms with van der Waals surface area (Å²) in [4.78, 5) is 45.5. The number of hydrogen-bond donors (Lipinski definition) is 0. The van der Waals surface area contributed by atoms with Crippen molar-refractivity contribution in [2.75, 3.05) is 10.7 Å². The molecule has 0 unspecified atom stereocenters. The van der Waals surface area contributed by atoms with Gasteiger partial charge >= 0.3 is 0 Å². The number of hydrogen-bond acceptors (Lipinski definition) is 6. The topological polar surface area (TPSA) is 67.3 Å². The Kier molecular flexibility index (Phi) is 4.85. The highest BCUT2D eigenvalue weighted by molar-refractivity contribution is 8.01. The fraction of sp³-hybridized carbons (Fsp3) is 0.226. The van der Waals surface area contributed by atoms with Gasteiger partial charge in [-0.15, -0.1) is 11.3 Å². The third-order valence-electron chi connectivity index (χ3n) is 8.53. The van der Waals surface area contributed by atoms with Crippen LogP contribution in [-0.2, 0) is 16.0 Å². The molecule has 7 heteroatoms. The molecule has 3 aromatic carbocycles. The van der Waals surface area contributed by atoms with Gasteiger partial charge < -0.3 is 0 Å². The second kappa shape index (κ2) is 8.22. The van der Waals surface area contributed by atoms with Gasteiger partial charge in [-0.25, -0.2) is 9.88 Å². The van der Waals surface area contributed by atoms with Gasteiger partial charge in [0.15, 0.2) is 10.1 Å². The van der Waals surface area contributed by atoms with Crippen LogP contribution in [-0.4, -0.2) is 28.3 Å². The van der Waals surface area contributed by atoms with Gasteiger partial charge in [0.05, 0.1) is 33.5 Å². The number of rotatable bonds is 5. The minimum absolute atomic E-state index is 0.0714. The summed E-state index contributed by atoms with van der Waals surface area (Å²) in [5.41, 5.74) is 7.09. The number of carbonyl (C=O) groups is 3. The number of nitrogens with zero attached hydrogens (tertiary/aromatic N) is 2. The Hall–Kier alpha value is -3.55. The summed E-state index contributed by atoms with van der Waals surface area (Å²) < 4.78 is 1.71. The van der Waals surface area contributed by atoms with Gasteiger partial charge in [-0.2, -0.15) is 0 Å². The lowest BCUT2D eigenvalue weighted by Gasteiger charge is -2.17. The molecule has 1 aliphatic heterocycles. The van der Waals surface area contributed by atoms with Crippen molar-refractivity contribution in [2.24, 2.45) is 23.7 Å². The van der Waals surface area contributed by atoms with Crippen LogP contribution in [0.4, 0.5) is 5.69 Å². The van der Waals surface area contributed by atoms with Crippen LogP contribution in [0.2, 0.25) is 0 Å². The number of allylic oxidation sites excluding steroid dienone is 2. The largest absolute Gasteiger partial charge is 0.293 e. The molecule has 3 aliphatic carbocycles. The average molecular weight is 535 g/mol. The lowest BCUT2D eigenvalue weighted by atomic mass is 9.85. The lowest BCUT2D eigenvalue weighted by molar-refractivity contribution is -0.123. The Balaban J connectivity index is 1.00. The predicted molar refractivity (Wildman–Crippen MR) is 150 cm³/mol. The molecule has 2 heterocycles. The Morgan fingerprint density at radius 1 is 0.921 bits per heavy atom. The molecule has 4 atom stereocenters. The Labute approximate surface area is 227 Å². The summed E-state index contributed by atoms with van der Waals surface area (Å²) in [6.45, 7) is 0. The monoisotopic (exact) mass is 534 g/mol. The number of ketones is 1. The summed E-state index contributed by atoms with van der Waals surface area (Å²) in [7, 11) is 0. The molecule has 8 rings (SSSR count). The zero-order chi connectivity index (χ0) is 25.5. The van der Waals surface area contributed by atoms with Gasteiger partial charge in [0.1, 0.15) is 0 Å². The minimum atomic E-state index is -0.209. The van der Waals surface area contributed by atoms with Gasteiger partial charge in [0, 0.05) is 5.56 Å². The SMILES string of the molecule is O=C(CSc1nc2ccc(N3C(=O)[C@@H]4[C@@H](C3=O)[C@H]3C=C[C@H]4C3)cc2s1)c1ccc2c(c1)-c1ccccc1C2. The molecule has 1 aromatic heterocycles. The standard InChI is InChI=1S/C31H22N2O3S2/c34-25(18-6-5-17-11-16-3-1-2-4-22(16)23(17)13-18)15-37-31-32-24-10-9-21(14-26(24)38-31)33-29(35)27-19-7-8-20(12-19)28(27)30(33)36/h1-10,13-14,19-20,27-28H,11-12,15H2/t19-,20-,27-,28-/m0/s1. The lowest BCUT2D eigenvalue weighted by Crippen LogP contribution is -2.32. The number of carbonyl (C=O) groups excluding carboxylic acids is 3. The number of thioether (sulfide) groups is 1. The first-order valence-corrected chi connectivity index (χ1v) is 14.7. The van der Waals surface area contributed by atoms with Gasteiger partial charge in [0.25, 0.3) is 0 Å². The smallest absolute Gasteiger partial charge is 0.238 e. The maximum Gasteiger partial charge on any atom is 0.238 e. The maximum atomic E-state index is 13.2. The molecule has 0 spiro atoms. The predicted octanol–water partition coefficient (Wildman–Crippen LogP) is 6.15. The number of aromatic nitrogens is 1. The summed E-state index contributed by atoms with van der Waals surface area (Å²) in [6, 6.07) is 20.0. The molecule has 5 nitrogen and oxygen atoms in total. The van der Waals surface area contributed by atoms with E-state index in [2.05, 4.69) is 36.4 Å². The van der Waals surface area contributed by atoms with E-state index in [1.807, 2.05) is 36.4 Å². The molecule has 0 radical (unpaired) electrons. The number of fused-ring (bicyclic) bond motifs is 9. The molecule has 4 aliphatic rings. The number of thiazole rings is 1. The first-order chi connectivity index (χ1) is 18.5. The number of imide groups is 1. The van der Waals surface area contributed by atoms with Crippen LogP contribution in [0, 0.1) is 23.7 Å². The zero-order valence-electron chi connectivity index (χ0n) is 20.3. The van der Waals surface area contributed by atoms with Crippen molar-refractivity contribution in [3.05, 3.63) is 89.5 Å². The van der Waals surface area contributed by atoms with Crippen molar-refractivity contribution in [1.29, 1.82) is 0 Å². The maximum absolute atomic E-state index is 13.2. The van der Waals surface area contributed by atoms with E-state index in [4.69, 9.17) is 4.98 Å². The second-order valence-electron chi connectivity index (χ2n) is 10.6. The van der Waals surface area contributed by atoms with E-state index in [0.717, 1.165) is 38.5 Å². The Morgan fingerprint density at radius 2 is 1.68 bits per heavy atom. The highest BCUT2D eigenvalue weighted by atomic mass is 32.2. The molecule has 186 valence electrons. The van der Waals surface area contributed by atoms with Crippen molar-refractivity contribution in [3.8, 4) is 11.1 Å². The first kappa shape index (κ1) is 22.4. The van der Waals surface area contributed by atoms with Crippen LogP contribution in [0.3, 0.4) is 0 Å². The summed E-state index contributed by atoms with van der Waals surface area (Å²) in [5, 5.41) is 0. The molecule has 38 heavy (non-hydrogen) atoms. The molecule has 1 saturated carbocycles. The highest BCUT2D eigenvalue weighted by Gasteiger charge is 2.59. The van der Waals surface area contributed by atoms with Crippen molar-refractivity contribution >= 4 is 56.6 Å². The third-order valence-corrected chi connectivity index (χ3v) is 10.7. The molecule has 2 bridgehead atoms. The van der Waals surface area contributed by atoms with Crippen LogP contribution < -0.4 is 4.90 Å². The van der Waals surface area contributed by atoms with Gasteiger partial charge in [-0.05, 0) is 71.2 Å². The van der Waals surface area contributed by atoms with E-state index in [1.165, 1.54) is 44.7 Å². The number of amides is 2. The van der Waals surface area contributed by atoms with Crippen molar-refractivity contribution in [2.45, 2.75) is 17.2 Å². The quantitative estimate of drug-likeness (QED) is 0.117. The first-order valence-electron chi connectivity index (χ1n) is 12.9. The molecular formula is C31H22N2O3S2. The molecule has 0 N–H and O–H groups in total. The number of benzene rings is 3. The molecule has 1 saturated heterocycles. The third kappa shape index (κ3) is 3.25. The molecule has 2 amide bonds. The van der Waals surface area contributed by atoms with Gasteiger partial charge in [0.2, 0.25) is 11.8 Å². The average Bonchev–Trinajstić information content (AvgIpc) is 3.74. The van der Waals surface area contributed by atoms with Crippen molar-refractivity contribution in [3.63, 3.8) is 0 Å². The Bertz CT molecular complexity index is 1710. The van der Waals surface area contributed by atoms with E-state index in [1.54, 1.807) is 0 Å². The number of anilines is 1. The van der Waals surface area contributed by atoms with Crippen LogP contribution in [0.5, 0.6) is 0 Å². The number of Topliss-reactive ketones (excluding diaryl/α,β-unsaturated/α-hetero) is 1. The van der Waals surface area contributed by atoms with E-state index < -0.39 is 0 Å². The van der Waals surface area contributed by atoms with Crippen molar-refractivity contribution < 1.29 is 14.4 Å².